The number of hydrogen-bond acceptors (Lipinski definition) is 6. The van der Waals surface area contributed by atoms with Gasteiger partial charge < -0.3 is 15.1 Å². The van der Waals surface area contributed by atoms with Gasteiger partial charge in [0.05, 0.1) is 0 Å². The van der Waals surface area contributed by atoms with Crippen molar-refractivity contribution < 1.29 is 0 Å². The molecule has 2 aromatic heterocycles. The number of likely N-dealkylation sites (N-methyl/N-ethyl adjacent to an activating group) is 1. The standard InChI is InChI=1S/C24H34N6S/c1-4-28-13-15-29(16-14-28)24-27-30-22(25-20-7-5-6-8-20)21(26-23(30)31-24)19-11-9-18(10-12-19)17(2)3/h9-12,17,20,25H,4-8,13-16H2,1-3H3. The summed E-state index contributed by atoms with van der Waals surface area (Å²) in [5.74, 6) is 1.60. The van der Waals surface area contributed by atoms with Crippen molar-refractivity contribution in [1.29, 1.82) is 0 Å². The van der Waals surface area contributed by atoms with Gasteiger partial charge in [-0.25, -0.2) is 4.98 Å². The minimum atomic E-state index is 0.520. The summed E-state index contributed by atoms with van der Waals surface area (Å²) >= 11 is 1.72. The van der Waals surface area contributed by atoms with Crippen LogP contribution >= 0.6 is 11.3 Å². The highest BCUT2D eigenvalue weighted by Gasteiger charge is 2.25. The van der Waals surface area contributed by atoms with Gasteiger partial charge in [0.15, 0.2) is 5.82 Å². The van der Waals surface area contributed by atoms with Crippen LogP contribution in [0.1, 0.15) is 57.9 Å². The van der Waals surface area contributed by atoms with Gasteiger partial charge in [0.1, 0.15) is 5.69 Å². The van der Waals surface area contributed by atoms with Crippen molar-refractivity contribution in [3.05, 3.63) is 29.8 Å². The molecule has 0 unspecified atom stereocenters. The molecule has 1 aromatic carbocycles. The van der Waals surface area contributed by atoms with Crippen LogP contribution in [0.25, 0.3) is 16.2 Å². The molecule has 0 atom stereocenters. The molecule has 2 fully saturated rings. The molecule has 1 aliphatic carbocycles. The van der Waals surface area contributed by atoms with Gasteiger partial charge in [-0.3, -0.25) is 0 Å². The van der Waals surface area contributed by atoms with E-state index in [9.17, 15) is 0 Å². The maximum atomic E-state index is 5.07. The van der Waals surface area contributed by atoms with Crippen LogP contribution in [0.4, 0.5) is 10.9 Å². The average molecular weight is 439 g/mol. The Morgan fingerprint density at radius 1 is 1.06 bits per heavy atom. The van der Waals surface area contributed by atoms with E-state index < -0.39 is 0 Å². The van der Waals surface area contributed by atoms with Crippen LogP contribution in [0.5, 0.6) is 0 Å². The third-order valence-electron chi connectivity index (χ3n) is 6.83. The van der Waals surface area contributed by atoms with Crippen LogP contribution < -0.4 is 10.2 Å². The third kappa shape index (κ3) is 4.17. The van der Waals surface area contributed by atoms with Crippen molar-refractivity contribution in [2.45, 2.75) is 58.4 Å². The van der Waals surface area contributed by atoms with Crippen LogP contribution in [0.3, 0.4) is 0 Å². The quantitative estimate of drug-likeness (QED) is 0.582. The molecule has 3 aromatic rings. The van der Waals surface area contributed by atoms with Crippen LogP contribution in [0.2, 0.25) is 0 Å². The van der Waals surface area contributed by atoms with Gasteiger partial charge in [0, 0.05) is 37.8 Å². The summed E-state index contributed by atoms with van der Waals surface area (Å²) < 4.78 is 2.07. The fraction of sp³-hybridized carbons (Fsp3) is 0.583. The van der Waals surface area contributed by atoms with E-state index in [1.165, 1.54) is 36.8 Å². The Kier molecular flexibility index (Phi) is 5.89. The minimum absolute atomic E-state index is 0.520. The van der Waals surface area contributed by atoms with Crippen molar-refractivity contribution in [2.24, 2.45) is 0 Å². The molecule has 1 aliphatic heterocycles. The van der Waals surface area contributed by atoms with Crippen molar-refractivity contribution in [1.82, 2.24) is 19.5 Å². The maximum absolute atomic E-state index is 5.07. The molecular weight excluding hydrogens is 404 g/mol. The number of anilines is 2. The predicted octanol–water partition coefficient (Wildman–Crippen LogP) is 5.08. The Morgan fingerprint density at radius 2 is 1.77 bits per heavy atom. The average Bonchev–Trinajstić information content (AvgIpc) is 3.52. The van der Waals surface area contributed by atoms with Gasteiger partial charge in [-0.2, -0.15) is 4.52 Å². The molecule has 1 N–H and O–H groups in total. The highest BCUT2D eigenvalue weighted by molar-refractivity contribution is 7.20. The Morgan fingerprint density at radius 3 is 2.42 bits per heavy atom. The first kappa shape index (κ1) is 20.8. The Labute approximate surface area is 189 Å². The van der Waals surface area contributed by atoms with Gasteiger partial charge >= 0.3 is 0 Å². The first-order valence-corrected chi connectivity index (χ1v) is 12.7. The van der Waals surface area contributed by atoms with Crippen LogP contribution in [0.15, 0.2) is 24.3 Å². The van der Waals surface area contributed by atoms with E-state index >= 15 is 0 Å². The van der Waals surface area contributed by atoms with Gasteiger partial charge in [0.2, 0.25) is 10.1 Å². The Balaban J connectivity index is 1.48. The second-order valence-electron chi connectivity index (χ2n) is 9.21. The van der Waals surface area contributed by atoms with E-state index in [2.05, 4.69) is 64.7 Å². The second kappa shape index (κ2) is 8.79. The van der Waals surface area contributed by atoms with Crippen LogP contribution in [0, 0.1) is 0 Å². The molecule has 5 rings (SSSR count). The highest BCUT2D eigenvalue weighted by atomic mass is 32.1. The number of hydrogen-bond donors (Lipinski definition) is 1. The van der Waals surface area contributed by atoms with E-state index in [4.69, 9.17) is 10.1 Å². The van der Waals surface area contributed by atoms with Gasteiger partial charge in [-0.15, -0.1) is 5.10 Å². The third-order valence-corrected chi connectivity index (χ3v) is 7.80. The molecule has 31 heavy (non-hydrogen) atoms. The first-order chi connectivity index (χ1) is 15.1. The van der Waals surface area contributed by atoms with Crippen LogP contribution in [-0.4, -0.2) is 58.3 Å². The summed E-state index contributed by atoms with van der Waals surface area (Å²) in [6.07, 6.45) is 5.08. The number of aromatic nitrogens is 3. The Hall–Kier alpha value is -2.12. The fourth-order valence-electron chi connectivity index (χ4n) is 4.74. The lowest BCUT2D eigenvalue weighted by molar-refractivity contribution is 0.271. The molecule has 1 saturated heterocycles. The first-order valence-electron chi connectivity index (χ1n) is 11.9. The SMILES string of the molecule is CCN1CCN(c2nn3c(NC4CCCC4)c(-c4ccc(C(C)C)cc4)nc3s2)CC1. The molecule has 166 valence electrons. The van der Waals surface area contributed by atoms with E-state index in [0.717, 1.165) is 54.3 Å². The minimum Gasteiger partial charge on any atom is -0.365 e. The van der Waals surface area contributed by atoms with Crippen molar-refractivity contribution in [2.75, 3.05) is 42.9 Å². The second-order valence-corrected chi connectivity index (χ2v) is 10.1. The number of imidazole rings is 1. The zero-order valence-corrected chi connectivity index (χ0v) is 19.8. The molecule has 7 heteroatoms. The van der Waals surface area contributed by atoms with E-state index in [0.29, 0.717) is 12.0 Å². The monoisotopic (exact) mass is 438 g/mol. The van der Waals surface area contributed by atoms with Gasteiger partial charge in [-0.05, 0) is 30.9 Å². The number of benzene rings is 1. The zero-order chi connectivity index (χ0) is 21.4. The molecule has 2 aliphatic rings. The molecule has 0 radical (unpaired) electrons. The summed E-state index contributed by atoms with van der Waals surface area (Å²) in [6.45, 7) is 12.1. The lowest BCUT2D eigenvalue weighted by atomic mass is 10.0. The number of fused-ring (bicyclic) bond motifs is 1. The predicted molar refractivity (Wildman–Crippen MR) is 131 cm³/mol. The van der Waals surface area contributed by atoms with E-state index in [-0.39, 0.29) is 0 Å². The van der Waals surface area contributed by atoms with Gasteiger partial charge in [0.25, 0.3) is 0 Å². The smallest absolute Gasteiger partial charge is 0.216 e. The lowest BCUT2D eigenvalue weighted by Crippen LogP contribution is -2.46. The van der Waals surface area contributed by atoms with Gasteiger partial charge in [-0.1, -0.05) is 69.2 Å². The van der Waals surface area contributed by atoms with E-state index in [1.807, 2.05) is 0 Å². The van der Waals surface area contributed by atoms with Crippen LogP contribution in [-0.2, 0) is 0 Å². The number of nitrogens with one attached hydrogen (secondary N) is 1. The topological polar surface area (TPSA) is 48.7 Å². The highest BCUT2D eigenvalue weighted by Crippen LogP contribution is 2.36. The summed E-state index contributed by atoms with van der Waals surface area (Å²) in [4.78, 5) is 11.0. The fourth-order valence-corrected chi connectivity index (χ4v) is 5.69. The summed E-state index contributed by atoms with van der Waals surface area (Å²) in [6, 6.07) is 9.42. The largest absolute Gasteiger partial charge is 0.365 e. The van der Waals surface area contributed by atoms with Crippen molar-refractivity contribution >= 4 is 27.2 Å². The van der Waals surface area contributed by atoms with Crippen molar-refractivity contribution in [3.63, 3.8) is 0 Å². The summed E-state index contributed by atoms with van der Waals surface area (Å²) in [7, 11) is 0. The van der Waals surface area contributed by atoms with Crippen molar-refractivity contribution in [3.8, 4) is 11.3 Å². The summed E-state index contributed by atoms with van der Waals surface area (Å²) in [5.41, 5.74) is 3.56. The summed E-state index contributed by atoms with van der Waals surface area (Å²) in [5, 5.41) is 9.95. The Bertz CT molecular complexity index is 1010. The van der Waals surface area contributed by atoms with E-state index in [1.54, 1.807) is 11.3 Å². The molecule has 1 saturated carbocycles. The number of piperazine rings is 1. The molecule has 3 heterocycles. The molecule has 0 amide bonds. The molecule has 0 bridgehead atoms. The number of rotatable bonds is 6. The normalized spacial score (nSPS) is 18.5. The number of nitrogens with zero attached hydrogens (tertiary/aromatic N) is 5. The zero-order valence-electron chi connectivity index (χ0n) is 19.0. The maximum Gasteiger partial charge on any atom is 0.216 e. The molecule has 0 spiro atoms. The lowest BCUT2D eigenvalue weighted by Gasteiger charge is -2.33. The molecule has 6 nitrogen and oxygen atoms in total. The molecular formula is C24H34N6S.